The second-order valence-electron chi connectivity index (χ2n) is 6.89. The molecule has 0 bridgehead atoms. The van der Waals surface area contributed by atoms with Crippen LogP contribution in [0.2, 0.25) is 0 Å². The largest absolute Gasteiger partial charge is 0.460 e. The summed E-state index contributed by atoms with van der Waals surface area (Å²) in [7, 11) is -3.33. The summed E-state index contributed by atoms with van der Waals surface area (Å²) < 4.78 is 130. The fourth-order valence-electron chi connectivity index (χ4n) is 2.57. The van der Waals surface area contributed by atoms with Crippen LogP contribution in [0.4, 0.5) is 35.1 Å². The van der Waals surface area contributed by atoms with E-state index in [1.54, 1.807) is 0 Å². The summed E-state index contributed by atoms with van der Waals surface area (Å²) in [5, 5.41) is 4.60. The van der Waals surface area contributed by atoms with Crippen LogP contribution in [0.1, 0.15) is 28.1 Å². The quantitative estimate of drug-likeness (QED) is 0.440. The Labute approximate surface area is 199 Å². The van der Waals surface area contributed by atoms with Crippen molar-refractivity contribution in [3.8, 4) is 5.69 Å². The minimum absolute atomic E-state index is 0.263. The van der Waals surface area contributed by atoms with Gasteiger partial charge in [0.05, 0.1) is 17.6 Å². The maximum atomic E-state index is 13.6. The van der Waals surface area contributed by atoms with Gasteiger partial charge in [-0.05, 0) is 12.1 Å². The average Bonchev–Trinajstić information content (AvgIpc) is 3.40. The van der Waals surface area contributed by atoms with Gasteiger partial charge in [-0.1, -0.05) is 18.3 Å². The van der Waals surface area contributed by atoms with Gasteiger partial charge in [-0.3, -0.25) is 4.79 Å². The van der Waals surface area contributed by atoms with Crippen molar-refractivity contribution in [2.24, 2.45) is 12.0 Å². The molecular weight excluding hydrogens is 552 g/mol. The van der Waals surface area contributed by atoms with Gasteiger partial charge in [0.25, 0.3) is 5.91 Å². The third kappa shape index (κ3) is 5.15. The van der Waals surface area contributed by atoms with Crippen molar-refractivity contribution in [3.05, 3.63) is 45.7 Å². The number of halogens is 8. The highest BCUT2D eigenvalue weighted by molar-refractivity contribution is 7.91. The van der Waals surface area contributed by atoms with Crippen molar-refractivity contribution in [3.63, 3.8) is 0 Å². The van der Waals surface area contributed by atoms with Crippen LogP contribution < -0.4 is 4.80 Å². The van der Waals surface area contributed by atoms with E-state index in [1.807, 2.05) is 0 Å². The Morgan fingerprint density at radius 1 is 1.11 bits per heavy atom. The first-order valence-electron chi connectivity index (χ1n) is 9.32. The molecule has 196 valence electrons. The number of aryl methyl sites for hydroxylation is 1. The first-order valence-corrected chi connectivity index (χ1v) is 11.8. The van der Waals surface area contributed by atoms with Crippen LogP contribution in [0.25, 0.3) is 5.69 Å². The molecule has 3 rings (SSSR count). The van der Waals surface area contributed by atoms with Gasteiger partial charge in [0, 0.05) is 13.2 Å². The lowest BCUT2D eigenvalue weighted by molar-refractivity contribution is -0.289. The lowest BCUT2D eigenvalue weighted by Crippen LogP contribution is -2.33. The van der Waals surface area contributed by atoms with Gasteiger partial charge in [0.2, 0.25) is 4.80 Å². The van der Waals surface area contributed by atoms with Crippen molar-refractivity contribution in [2.45, 2.75) is 30.1 Å². The second kappa shape index (κ2) is 9.02. The minimum atomic E-state index is -5.97. The number of alkyl halides is 8. The first-order chi connectivity index (χ1) is 16.4. The van der Waals surface area contributed by atoms with E-state index >= 15 is 0 Å². The van der Waals surface area contributed by atoms with Gasteiger partial charge in [-0.25, -0.2) is 22.8 Å². The Morgan fingerprint density at radius 3 is 2.28 bits per heavy atom. The summed E-state index contributed by atoms with van der Waals surface area (Å²) in [5.41, 5.74) is -2.41. The first kappa shape index (κ1) is 27.4. The molecule has 0 aliphatic heterocycles. The number of aromatic nitrogens is 5. The van der Waals surface area contributed by atoms with Crippen LogP contribution in [-0.4, -0.2) is 50.8 Å². The molecule has 0 saturated heterocycles. The number of hydrogen-bond donors (Lipinski definition) is 0. The van der Waals surface area contributed by atoms with Crippen molar-refractivity contribution < 1.29 is 48.3 Å². The third-order valence-corrected chi connectivity index (χ3v) is 7.24. The molecule has 36 heavy (non-hydrogen) atoms. The summed E-state index contributed by atoms with van der Waals surface area (Å²) in [6, 6.07) is 1.41. The smallest absolute Gasteiger partial charge is 0.265 e. The molecule has 9 nitrogen and oxygen atoms in total. The van der Waals surface area contributed by atoms with Gasteiger partial charge >= 0.3 is 18.3 Å². The zero-order valence-electron chi connectivity index (χ0n) is 17.8. The molecule has 0 N–H and O–H groups in total. The van der Waals surface area contributed by atoms with Crippen LogP contribution in [0, 0.1) is 0 Å². The van der Waals surface area contributed by atoms with Gasteiger partial charge in [-0.2, -0.15) is 50.3 Å². The van der Waals surface area contributed by atoms with E-state index in [1.165, 1.54) is 6.92 Å². The molecule has 0 fully saturated rings. The molecule has 0 unspecified atom stereocenters. The maximum Gasteiger partial charge on any atom is 0.460 e. The normalized spacial score (nSPS) is 13.9. The summed E-state index contributed by atoms with van der Waals surface area (Å²) in [4.78, 5) is 18.2. The van der Waals surface area contributed by atoms with Gasteiger partial charge in [0.15, 0.2) is 20.5 Å². The molecule has 0 spiro atoms. The van der Waals surface area contributed by atoms with E-state index in [0.717, 1.165) is 25.5 Å². The zero-order valence-corrected chi connectivity index (χ0v) is 19.4. The highest BCUT2D eigenvalue weighted by atomic mass is 32.2. The molecule has 3 aromatic heterocycles. The lowest BCUT2D eigenvalue weighted by Gasteiger charge is -2.15. The van der Waals surface area contributed by atoms with Crippen LogP contribution in [0.5, 0.6) is 0 Å². The van der Waals surface area contributed by atoms with E-state index in [4.69, 9.17) is 0 Å². The van der Waals surface area contributed by atoms with E-state index in [-0.39, 0.29) is 17.0 Å². The molecule has 1 amide bonds. The van der Waals surface area contributed by atoms with E-state index in [9.17, 15) is 48.3 Å². The van der Waals surface area contributed by atoms with Gasteiger partial charge in [0.1, 0.15) is 10.6 Å². The van der Waals surface area contributed by atoms with Crippen molar-refractivity contribution in [1.82, 2.24) is 24.5 Å². The Morgan fingerprint density at radius 2 is 1.75 bits per heavy atom. The Kier molecular flexibility index (Phi) is 6.86. The summed E-state index contributed by atoms with van der Waals surface area (Å²) in [5.74, 6) is -7.37. The molecule has 3 aromatic rings. The van der Waals surface area contributed by atoms with E-state index in [2.05, 4.69) is 20.2 Å². The highest BCUT2D eigenvalue weighted by Crippen LogP contribution is 2.43. The monoisotopic (exact) mass is 564 g/mol. The predicted octanol–water partition coefficient (Wildman–Crippen LogP) is 3.27. The number of nitrogens with zero attached hydrogens (tertiary/aromatic N) is 6. The van der Waals surface area contributed by atoms with Crippen LogP contribution >= 0.6 is 11.3 Å². The zero-order chi connectivity index (χ0) is 27.3. The number of carbonyl (C=O) groups excluding carboxylic acids is 1. The molecule has 0 saturated carbocycles. The second-order valence-corrected chi connectivity index (χ2v) is 10.1. The standard InChI is InChI=1S/C17H12F8N6O3S2/c1-3-36(33,34)9-6-8(31-5-4-10(28-31)16(20,21)22)7-26-11(9)12(32)27-14-30(2)29-13(35-14)15(18,19)17(23,24)25/h4-7H,3H2,1-2H3/b27-14-. The topological polar surface area (TPSA) is 112 Å². The molecule has 0 aromatic carbocycles. The lowest BCUT2D eigenvalue weighted by atomic mass is 10.3. The highest BCUT2D eigenvalue weighted by Gasteiger charge is 2.61. The molecule has 0 atom stereocenters. The molecule has 19 heteroatoms. The van der Waals surface area contributed by atoms with Crippen molar-refractivity contribution >= 4 is 27.1 Å². The molecule has 0 radical (unpaired) electrons. The number of carbonyl (C=O) groups is 1. The minimum Gasteiger partial charge on any atom is -0.265 e. The Hall–Kier alpha value is -3.22. The van der Waals surface area contributed by atoms with Crippen molar-refractivity contribution in [1.29, 1.82) is 0 Å². The predicted molar refractivity (Wildman–Crippen MR) is 105 cm³/mol. The molecule has 0 aliphatic rings. The van der Waals surface area contributed by atoms with Crippen LogP contribution in [0.3, 0.4) is 0 Å². The molecule has 3 heterocycles. The van der Waals surface area contributed by atoms with Crippen LogP contribution in [0.15, 0.2) is 34.4 Å². The van der Waals surface area contributed by atoms with Gasteiger partial charge in [-0.15, -0.1) is 0 Å². The summed E-state index contributed by atoms with van der Waals surface area (Å²) >= 11 is -0.263. The fraction of sp³-hybridized carbons (Fsp3) is 0.353. The molecule has 0 aliphatic carbocycles. The summed E-state index contributed by atoms with van der Waals surface area (Å²) in [6.45, 7) is 1.19. The Bertz CT molecular complexity index is 1480. The van der Waals surface area contributed by atoms with E-state index < -0.39 is 65.9 Å². The number of pyridine rings is 1. The maximum absolute atomic E-state index is 13.6. The fourth-order valence-corrected chi connectivity index (χ4v) is 4.49. The number of amides is 1. The molecular formula is C17H12F8N6O3S2. The SMILES string of the molecule is CCS(=O)(=O)c1cc(-n2ccc(C(F)(F)F)n2)cnc1C(=O)/N=c1\sc(C(F)(F)C(F)(F)F)nn1C. The number of rotatable bonds is 5. The van der Waals surface area contributed by atoms with E-state index in [0.29, 0.717) is 15.4 Å². The Balaban J connectivity index is 2.11. The third-order valence-electron chi connectivity index (χ3n) is 4.43. The number of hydrogen-bond acceptors (Lipinski definition) is 7. The van der Waals surface area contributed by atoms with Crippen molar-refractivity contribution in [2.75, 3.05) is 5.75 Å². The van der Waals surface area contributed by atoms with Gasteiger partial charge < -0.3 is 0 Å². The number of sulfone groups is 1. The average molecular weight is 564 g/mol. The summed E-state index contributed by atoms with van der Waals surface area (Å²) in [6.07, 6.45) is -9.09. The van der Waals surface area contributed by atoms with Crippen LogP contribution in [-0.2, 0) is 29.0 Å².